The topological polar surface area (TPSA) is 60.5 Å². The largest absolute Gasteiger partial charge is 0.497 e. The molecule has 24 heavy (non-hydrogen) atoms. The number of amides is 1. The lowest BCUT2D eigenvalue weighted by Gasteiger charge is -2.13. The van der Waals surface area contributed by atoms with Crippen LogP contribution in [0.1, 0.15) is 6.92 Å². The molecule has 3 rings (SSSR count). The average molecular weight is 346 g/mol. The molecular formula is C17H15FN2O3S. The molecule has 5 nitrogen and oxygen atoms in total. The van der Waals surface area contributed by atoms with Gasteiger partial charge in [-0.2, -0.15) is 0 Å². The van der Waals surface area contributed by atoms with Gasteiger partial charge in [-0.1, -0.05) is 11.3 Å². The fourth-order valence-electron chi connectivity index (χ4n) is 2.07. The van der Waals surface area contributed by atoms with E-state index in [0.717, 1.165) is 0 Å². The molecule has 0 fully saturated rings. The summed E-state index contributed by atoms with van der Waals surface area (Å²) in [5, 5.41) is 3.10. The van der Waals surface area contributed by atoms with E-state index in [0.29, 0.717) is 26.8 Å². The van der Waals surface area contributed by atoms with Crippen LogP contribution < -0.4 is 14.8 Å². The van der Waals surface area contributed by atoms with Crippen molar-refractivity contribution in [3.63, 3.8) is 0 Å². The number of thiazole rings is 1. The van der Waals surface area contributed by atoms with E-state index in [2.05, 4.69) is 10.3 Å². The number of benzene rings is 2. The van der Waals surface area contributed by atoms with Gasteiger partial charge in [0.2, 0.25) is 0 Å². The first-order valence-corrected chi connectivity index (χ1v) is 8.04. The molecule has 0 aliphatic rings. The Bertz CT molecular complexity index is 864. The molecule has 124 valence electrons. The molecule has 1 aromatic heterocycles. The van der Waals surface area contributed by atoms with Crippen LogP contribution in [0.2, 0.25) is 0 Å². The fraction of sp³-hybridized carbons (Fsp3) is 0.176. The van der Waals surface area contributed by atoms with Gasteiger partial charge in [-0.05, 0) is 49.4 Å². The average Bonchev–Trinajstić information content (AvgIpc) is 2.96. The van der Waals surface area contributed by atoms with Crippen molar-refractivity contribution < 1.29 is 18.7 Å². The maximum Gasteiger partial charge on any atom is 0.266 e. The van der Waals surface area contributed by atoms with Gasteiger partial charge >= 0.3 is 0 Å². The Kier molecular flexibility index (Phi) is 4.61. The number of rotatable bonds is 5. The number of ether oxygens (including phenoxy) is 2. The summed E-state index contributed by atoms with van der Waals surface area (Å²) in [6.07, 6.45) is -0.706. The summed E-state index contributed by atoms with van der Waals surface area (Å²) in [6.45, 7) is 1.65. The molecule has 3 aromatic rings. The Morgan fingerprint density at radius 3 is 2.62 bits per heavy atom. The summed E-state index contributed by atoms with van der Waals surface area (Å²) in [7, 11) is 1.58. The van der Waals surface area contributed by atoms with E-state index in [-0.39, 0.29) is 11.7 Å². The van der Waals surface area contributed by atoms with Gasteiger partial charge in [0.25, 0.3) is 5.91 Å². The van der Waals surface area contributed by atoms with Gasteiger partial charge in [0.1, 0.15) is 17.3 Å². The van der Waals surface area contributed by atoms with E-state index >= 15 is 0 Å². The third-order valence-electron chi connectivity index (χ3n) is 3.32. The van der Waals surface area contributed by atoms with Gasteiger partial charge in [-0.3, -0.25) is 10.1 Å². The standard InChI is InChI=1S/C17H15FN2O3S/c1-10(23-13-6-4-12(22-2)5-7-13)16(21)20-17-19-14-8-3-11(18)9-15(14)24-17/h3-10H,1-2H3,(H,19,20,21). The van der Waals surface area contributed by atoms with Gasteiger partial charge < -0.3 is 9.47 Å². The van der Waals surface area contributed by atoms with Crippen LogP contribution in [0, 0.1) is 5.82 Å². The summed E-state index contributed by atoms with van der Waals surface area (Å²) in [4.78, 5) is 16.5. The van der Waals surface area contributed by atoms with Crippen LogP contribution in [0.4, 0.5) is 9.52 Å². The SMILES string of the molecule is COc1ccc(OC(C)C(=O)Nc2nc3ccc(F)cc3s2)cc1. The van der Waals surface area contributed by atoms with E-state index in [1.165, 1.54) is 23.5 Å². The molecule has 2 aromatic carbocycles. The summed E-state index contributed by atoms with van der Waals surface area (Å²) < 4.78 is 24.5. The van der Waals surface area contributed by atoms with Gasteiger partial charge in [0, 0.05) is 0 Å². The molecular weight excluding hydrogens is 331 g/mol. The molecule has 1 atom stereocenters. The van der Waals surface area contributed by atoms with Crippen molar-refractivity contribution in [1.29, 1.82) is 0 Å². The number of aromatic nitrogens is 1. The fourth-order valence-corrected chi connectivity index (χ4v) is 2.96. The Morgan fingerprint density at radius 1 is 1.21 bits per heavy atom. The first-order valence-electron chi connectivity index (χ1n) is 7.23. The first kappa shape index (κ1) is 16.2. The van der Waals surface area contributed by atoms with E-state index in [1.54, 1.807) is 44.4 Å². The summed E-state index contributed by atoms with van der Waals surface area (Å²) in [6, 6.07) is 11.3. The number of methoxy groups -OCH3 is 1. The lowest BCUT2D eigenvalue weighted by molar-refractivity contribution is -0.122. The van der Waals surface area contributed by atoms with Gasteiger partial charge in [-0.25, -0.2) is 9.37 Å². The van der Waals surface area contributed by atoms with Crippen LogP contribution in [0.5, 0.6) is 11.5 Å². The quantitative estimate of drug-likeness (QED) is 0.762. The summed E-state index contributed by atoms with van der Waals surface area (Å²) in [5.41, 5.74) is 0.639. The van der Waals surface area contributed by atoms with Crippen LogP contribution in [0.3, 0.4) is 0 Å². The van der Waals surface area contributed by atoms with E-state index in [4.69, 9.17) is 9.47 Å². The lowest BCUT2D eigenvalue weighted by Crippen LogP contribution is -2.30. The minimum Gasteiger partial charge on any atom is -0.497 e. The molecule has 0 spiro atoms. The highest BCUT2D eigenvalue weighted by Gasteiger charge is 2.17. The van der Waals surface area contributed by atoms with Crippen molar-refractivity contribution >= 4 is 32.6 Å². The maximum atomic E-state index is 13.2. The Labute approximate surface area is 142 Å². The zero-order valence-electron chi connectivity index (χ0n) is 13.1. The molecule has 0 radical (unpaired) electrons. The van der Waals surface area contributed by atoms with E-state index < -0.39 is 6.10 Å². The van der Waals surface area contributed by atoms with Crippen molar-refractivity contribution in [2.45, 2.75) is 13.0 Å². The number of carbonyl (C=O) groups is 1. The maximum absolute atomic E-state index is 13.2. The predicted molar refractivity (Wildman–Crippen MR) is 91.3 cm³/mol. The Balaban J connectivity index is 1.65. The number of carbonyl (C=O) groups excluding carboxylic acids is 1. The molecule has 0 saturated carbocycles. The van der Waals surface area contributed by atoms with Crippen LogP contribution in [0.25, 0.3) is 10.2 Å². The highest BCUT2D eigenvalue weighted by molar-refractivity contribution is 7.22. The monoisotopic (exact) mass is 346 g/mol. The van der Waals surface area contributed by atoms with Crippen molar-refractivity contribution in [2.75, 3.05) is 12.4 Å². The second-order valence-electron chi connectivity index (χ2n) is 5.06. The summed E-state index contributed by atoms with van der Waals surface area (Å²) >= 11 is 1.21. The number of hydrogen-bond donors (Lipinski definition) is 1. The molecule has 1 amide bonds. The molecule has 1 heterocycles. The van der Waals surface area contributed by atoms with Crippen LogP contribution >= 0.6 is 11.3 Å². The minimum atomic E-state index is -0.706. The number of anilines is 1. The van der Waals surface area contributed by atoms with Gasteiger partial charge in [-0.15, -0.1) is 0 Å². The Hall–Kier alpha value is -2.67. The van der Waals surface area contributed by atoms with Gasteiger partial charge in [0.15, 0.2) is 11.2 Å². The molecule has 1 unspecified atom stereocenters. The van der Waals surface area contributed by atoms with E-state index in [1.807, 2.05) is 0 Å². The normalized spacial score (nSPS) is 12.0. The lowest BCUT2D eigenvalue weighted by atomic mass is 10.3. The van der Waals surface area contributed by atoms with Crippen molar-refractivity contribution in [2.24, 2.45) is 0 Å². The molecule has 0 aliphatic carbocycles. The highest BCUT2D eigenvalue weighted by Crippen LogP contribution is 2.26. The number of hydrogen-bond acceptors (Lipinski definition) is 5. The van der Waals surface area contributed by atoms with Crippen molar-refractivity contribution in [1.82, 2.24) is 4.98 Å². The molecule has 1 N–H and O–H groups in total. The van der Waals surface area contributed by atoms with Crippen molar-refractivity contribution in [3.8, 4) is 11.5 Å². The molecule has 0 aliphatic heterocycles. The van der Waals surface area contributed by atoms with Crippen molar-refractivity contribution in [3.05, 3.63) is 48.3 Å². The highest BCUT2D eigenvalue weighted by atomic mass is 32.1. The van der Waals surface area contributed by atoms with Crippen LogP contribution in [0.15, 0.2) is 42.5 Å². The zero-order chi connectivity index (χ0) is 17.1. The second-order valence-corrected chi connectivity index (χ2v) is 6.09. The molecule has 7 heteroatoms. The Morgan fingerprint density at radius 2 is 1.92 bits per heavy atom. The molecule has 0 saturated heterocycles. The number of fused-ring (bicyclic) bond motifs is 1. The number of halogens is 1. The smallest absolute Gasteiger partial charge is 0.266 e. The first-order chi connectivity index (χ1) is 11.5. The van der Waals surface area contributed by atoms with Gasteiger partial charge in [0.05, 0.1) is 17.3 Å². The third-order valence-corrected chi connectivity index (χ3v) is 4.26. The predicted octanol–water partition coefficient (Wildman–Crippen LogP) is 3.85. The third kappa shape index (κ3) is 3.62. The van der Waals surface area contributed by atoms with Crippen LogP contribution in [-0.4, -0.2) is 24.1 Å². The zero-order valence-corrected chi connectivity index (χ0v) is 13.9. The van der Waals surface area contributed by atoms with Crippen LogP contribution in [-0.2, 0) is 4.79 Å². The summed E-state index contributed by atoms with van der Waals surface area (Å²) in [5.74, 6) is 0.608. The molecule has 0 bridgehead atoms. The number of nitrogens with one attached hydrogen (secondary N) is 1. The minimum absolute atomic E-state index is 0.328. The van der Waals surface area contributed by atoms with E-state index in [9.17, 15) is 9.18 Å². The number of nitrogens with zero attached hydrogens (tertiary/aromatic N) is 1. The second kappa shape index (κ2) is 6.84.